The van der Waals surface area contributed by atoms with Crippen molar-refractivity contribution in [2.24, 2.45) is 0 Å². The van der Waals surface area contributed by atoms with Crippen molar-refractivity contribution in [3.05, 3.63) is 12.2 Å². The molecule has 0 N–H and O–H groups in total. The van der Waals surface area contributed by atoms with Gasteiger partial charge in [0.1, 0.15) is 0 Å². The predicted molar refractivity (Wildman–Crippen MR) is 116 cm³/mol. The third kappa shape index (κ3) is 14.9. The van der Waals surface area contributed by atoms with Gasteiger partial charge in [0.2, 0.25) is 0 Å². The fraction of sp³-hybridized carbons (Fsp3) is 0.909. The molecule has 156 valence electrons. The van der Waals surface area contributed by atoms with Gasteiger partial charge in [-0.2, -0.15) is 0 Å². The van der Waals surface area contributed by atoms with Gasteiger partial charge in [0.25, 0.3) is 0 Å². The van der Waals surface area contributed by atoms with Crippen LogP contribution in [-0.4, -0.2) is 28.6 Å². The van der Waals surface area contributed by atoms with Crippen LogP contribution in [0.25, 0.3) is 0 Å². The molecular formula is C22H46O3Si. The highest BCUT2D eigenvalue weighted by Gasteiger charge is 2.39. The lowest BCUT2D eigenvalue weighted by atomic mass is 10.2. The number of hydrogen-bond donors (Lipinski definition) is 0. The second-order valence-corrected chi connectivity index (χ2v) is 9.82. The van der Waals surface area contributed by atoms with Crippen molar-refractivity contribution in [1.29, 1.82) is 0 Å². The van der Waals surface area contributed by atoms with Crippen molar-refractivity contribution in [3.8, 4) is 0 Å². The first-order valence-corrected chi connectivity index (χ1v) is 13.2. The topological polar surface area (TPSA) is 27.7 Å². The lowest BCUT2D eigenvalue weighted by molar-refractivity contribution is 0.0579. The molecule has 0 saturated heterocycles. The van der Waals surface area contributed by atoms with E-state index in [9.17, 15) is 0 Å². The van der Waals surface area contributed by atoms with Crippen LogP contribution < -0.4 is 0 Å². The molecule has 0 aromatic carbocycles. The van der Waals surface area contributed by atoms with E-state index in [0.717, 1.165) is 45.1 Å². The van der Waals surface area contributed by atoms with Crippen LogP contribution in [0.3, 0.4) is 0 Å². The van der Waals surface area contributed by atoms with Gasteiger partial charge in [-0.1, -0.05) is 90.7 Å². The molecule has 0 radical (unpaired) electrons. The van der Waals surface area contributed by atoms with Crippen LogP contribution in [0.4, 0.5) is 0 Å². The van der Waals surface area contributed by atoms with Gasteiger partial charge in [-0.05, 0) is 26.2 Å². The molecule has 0 aromatic rings. The summed E-state index contributed by atoms with van der Waals surface area (Å²) in [4.78, 5) is 0. The van der Waals surface area contributed by atoms with Gasteiger partial charge >= 0.3 is 8.80 Å². The highest BCUT2D eigenvalue weighted by atomic mass is 28.4. The largest absolute Gasteiger partial charge is 0.504 e. The third-order valence-electron chi connectivity index (χ3n) is 4.56. The number of hydrogen-bond acceptors (Lipinski definition) is 3. The van der Waals surface area contributed by atoms with E-state index in [4.69, 9.17) is 13.3 Å². The Hall–Kier alpha value is -0.163. The van der Waals surface area contributed by atoms with E-state index >= 15 is 0 Å². The SMILES string of the molecule is CC=CC[Si](OCCCCCC)(OCCCCCC)OCCCCCC. The van der Waals surface area contributed by atoms with Gasteiger partial charge in [-0.15, -0.1) is 0 Å². The first-order valence-electron chi connectivity index (χ1n) is 11.3. The van der Waals surface area contributed by atoms with Crippen LogP contribution in [0.2, 0.25) is 6.04 Å². The molecule has 0 rings (SSSR count). The molecule has 0 bridgehead atoms. The minimum absolute atomic E-state index is 0.772. The molecule has 0 heterocycles. The summed E-state index contributed by atoms with van der Waals surface area (Å²) >= 11 is 0. The highest BCUT2D eigenvalue weighted by Crippen LogP contribution is 2.20. The lowest BCUT2D eigenvalue weighted by Gasteiger charge is -2.29. The van der Waals surface area contributed by atoms with E-state index in [0.29, 0.717) is 0 Å². The Labute approximate surface area is 165 Å². The van der Waals surface area contributed by atoms with Gasteiger partial charge in [-0.3, -0.25) is 0 Å². The summed E-state index contributed by atoms with van der Waals surface area (Å²) in [5, 5.41) is 0. The molecule has 0 unspecified atom stereocenters. The van der Waals surface area contributed by atoms with Crippen molar-refractivity contribution >= 4 is 8.80 Å². The van der Waals surface area contributed by atoms with Crippen LogP contribution >= 0.6 is 0 Å². The van der Waals surface area contributed by atoms with Crippen LogP contribution in [0, 0.1) is 0 Å². The average molecular weight is 387 g/mol. The zero-order valence-electron chi connectivity index (χ0n) is 18.2. The zero-order valence-corrected chi connectivity index (χ0v) is 19.2. The minimum Gasteiger partial charge on any atom is -0.373 e. The summed E-state index contributed by atoms with van der Waals surface area (Å²) in [6, 6.07) is 0.804. The van der Waals surface area contributed by atoms with Gasteiger partial charge in [0, 0.05) is 25.9 Å². The summed E-state index contributed by atoms with van der Waals surface area (Å²) in [6.45, 7) is 11.1. The molecule has 0 atom stereocenters. The Morgan fingerprint density at radius 2 is 0.962 bits per heavy atom. The molecule has 0 fully saturated rings. The first kappa shape index (κ1) is 25.8. The Balaban J connectivity index is 4.58. The summed E-state index contributed by atoms with van der Waals surface area (Å²) in [5.74, 6) is 0. The van der Waals surface area contributed by atoms with E-state index in [2.05, 4.69) is 39.8 Å². The van der Waals surface area contributed by atoms with Gasteiger partial charge in [0.15, 0.2) is 0 Å². The maximum atomic E-state index is 6.33. The maximum Gasteiger partial charge on any atom is 0.504 e. The third-order valence-corrected chi connectivity index (χ3v) is 7.23. The van der Waals surface area contributed by atoms with Crippen molar-refractivity contribution < 1.29 is 13.3 Å². The van der Waals surface area contributed by atoms with Crippen molar-refractivity contribution in [1.82, 2.24) is 0 Å². The van der Waals surface area contributed by atoms with Crippen LogP contribution in [0.1, 0.15) is 105 Å². The fourth-order valence-electron chi connectivity index (χ4n) is 2.83. The lowest BCUT2D eigenvalue weighted by Crippen LogP contribution is -2.46. The number of unbranched alkanes of at least 4 members (excludes halogenated alkanes) is 9. The summed E-state index contributed by atoms with van der Waals surface area (Å²) in [7, 11) is -2.58. The van der Waals surface area contributed by atoms with Gasteiger partial charge in [-0.25, -0.2) is 0 Å². The van der Waals surface area contributed by atoms with E-state index in [-0.39, 0.29) is 0 Å². The summed E-state index contributed by atoms with van der Waals surface area (Å²) < 4.78 is 19.0. The molecule has 3 nitrogen and oxygen atoms in total. The standard InChI is InChI=1S/C22H46O3Si/c1-5-9-13-16-19-23-26(22-12-8-4,24-20-17-14-10-6-2)25-21-18-15-11-7-3/h8,12H,5-7,9-11,13-22H2,1-4H3. The Morgan fingerprint density at radius 3 is 1.27 bits per heavy atom. The molecule has 0 amide bonds. The Kier molecular flexibility index (Phi) is 19.5. The summed E-state index contributed by atoms with van der Waals surface area (Å²) in [6.07, 6.45) is 18.9. The fourth-order valence-corrected chi connectivity index (χ4v) is 5.33. The zero-order chi connectivity index (χ0) is 19.3. The molecule has 0 spiro atoms. The molecule has 0 aromatic heterocycles. The second-order valence-electron chi connectivity index (χ2n) is 7.18. The normalized spacial score (nSPS) is 12.3. The maximum absolute atomic E-state index is 6.33. The first-order chi connectivity index (χ1) is 12.7. The summed E-state index contributed by atoms with van der Waals surface area (Å²) in [5.41, 5.74) is 0. The number of allylic oxidation sites excluding steroid dienone is 2. The molecule has 0 aliphatic carbocycles. The monoisotopic (exact) mass is 386 g/mol. The van der Waals surface area contributed by atoms with Crippen LogP contribution in [0.5, 0.6) is 0 Å². The molecule has 4 heteroatoms. The molecular weight excluding hydrogens is 340 g/mol. The van der Waals surface area contributed by atoms with Gasteiger partial charge in [0.05, 0.1) is 0 Å². The molecule has 0 aliphatic rings. The van der Waals surface area contributed by atoms with E-state index < -0.39 is 8.80 Å². The Morgan fingerprint density at radius 1 is 0.577 bits per heavy atom. The molecule has 0 aliphatic heterocycles. The molecule has 26 heavy (non-hydrogen) atoms. The van der Waals surface area contributed by atoms with Crippen molar-refractivity contribution in [3.63, 3.8) is 0 Å². The van der Waals surface area contributed by atoms with Crippen molar-refractivity contribution in [2.75, 3.05) is 19.8 Å². The smallest absolute Gasteiger partial charge is 0.373 e. The van der Waals surface area contributed by atoms with Crippen LogP contribution in [-0.2, 0) is 13.3 Å². The Bertz CT molecular complexity index is 272. The van der Waals surface area contributed by atoms with Crippen LogP contribution in [0.15, 0.2) is 12.2 Å². The minimum atomic E-state index is -2.58. The number of rotatable bonds is 20. The predicted octanol–water partition coefficient (Wildman–Crippen LogP) is 7.29. The van der Waals surface area contributed by atoms with Crippen molar-refractivity contribution in [2.45, 2.75) is 111 Å². The second kappa shape index (κ2) is 19.6. The average Bonchev–Trinajstić information content (AvgIpc) is 2.65. The highest BCUT2D eigenvalue weighted by molar-refractivity contribution is 6.61. The quantitative estimate of drug-likeness (QED) is 0.125. The van der Waals surface area contributed by atoms with E-state index in [1.807, 2.05) is 0 Å². The molecule has 0 saturated carbocycles. The van der Waals surface area contributed by atoms with E-state index in [1.54, 1.807) is 0 Å². The van der Waals surface area contributed by atoms with Gasteiger partial charge < -0.3 is 13.3 Å². The van der Waals surface area contributed by atoms with E-state index in [1.165, 1.54) is 57.8 Å².